The summed E-state index contributed by atoms with van der Waals surface area (Å²) in [6.07, 6.45) is 4.49. The van der Waals surface area contributed by atoms with Crippen LogP contribution in [0.5, 0.6) is 5.75 Å². The van der Waals surface area contributed by atoms with Gasteiger partial charge in [-0.25, -0.2) is 0 Å². The Hall–Kier alpha value is -1.02. The van der Waals surface area contributed by atoms with Crippen LogP contribution in [0.2, 0.25) is 0 Å². The molecule has 2 saturated carbocycles. The minimum Gasteiger partial charge on any atom is -0.493 e. The molecule has 3 unspecified atom stereocenters. The van der Waals surface area contributed by atoms with Crippen LogP contribution in [0.1, 0.15) is 51.2 Å². The number of aliphatic hydroxyl groups is 1. The largest absolute Gasteiger partial charge is 0.493 e. The lowest BCUT2D eigenvalue weighted by molar-refractivity contribution is -0.151. The summed E-state index contributed by atoms with van der Waals surface area (Å²) in [4.78, 5) is 0. The van der Waals surface area contributed by atoms with E-state index >= 15 is 0 Å². The number of ether oxygens (including phenoxy) is 1. The molecule has 1 aromatic carbocycles. The highest BCUT2D eigenvalue weighted by atomic mass is 16.5. The summed E-state index contributed by atoms with van der Waals surface area (Å²) in [6.45, 7) is 7.52. The Morgan fingerprint density at radius 3 is 2.75 bits per heavy atom. The Kier molecular flexibility index (Phi) is 2.28. The van der Waals surface area contributed by atoms with Crippen LogP contribution in [-0.2, 0) is 12.0 Å². The molecule has 1 N–H and O–H groups in total. The predicted octanol–water partition coefficient (Wildman–Crippen LogP) is 3.66. The van der Waals surface area contributed by atoms with Crippen molar-refractivity contribution in [2.24, 2.45) is 16.7 Å². The summed E-state index contributed by atoms with van der Waals surface area (Å²) >= 11 is 0. The molecule has 1 heterocycles. The van der Waals surface area contributed by atoms with E-state index in [0.29, 0.717) is 5.92 Å². The number of hydrogen-bond donors (Lipinski definition) is 1. The van der Waals surface area contributed by atoms with E-state index in [0.717, 1.165) is 37.2 Å². The van der Waals surface area contributed by atoms with Crippen molar-refractivity contribution in [3.8, 4) is 5.75 Å². The molecular weight excluding hydrogens is 248 g/mol. The maximum absolute atomic E-state index is 11.8. The molecule has 1 aromatic rings. The molecule has 0 saturated heterocycles. The van der Waals surface area contributed by atoms with Crippen LogP contribution < -0.4 is 4.74 Å². The molecule has 20 heavy (non-hydrogen) atoms. The molecule has 2 bridgehead atoms. The molecule has 0 radical (unpaired) electrons. The fourth-order valence-electron chi connectivity index (χ4n) is 5.43. The third-order valence-electron chi connectivity index (χ3n) is 6.67. The lowest BCUT2D eigenvalue weighted by Crippen LogP contribution is -2.51. The minimum absolute atomic E-state index is 0.0117. The molecule has 3 aliphatic rings. The van der Waals surface area contributed by atoms with Crippen molar-refractivity contribution in [1.82, 2.24) is 0 Å². The van der Waals surface area contributed by atoms with Crippen LogP contribution in [0.15, 0.2) is 18.2 Å². The zero-order valence-corrected chi connectivity index (χ0v) is 12.7. The average Bonchev–Trinajstić information content (AvgIpc) is 3.06. The van der Waals surface area contributed by atoms with Crippen molar-refractivity contribution in [2.45, 2.75) is 52.1 Å². The summed E-state index contributed by atoms with van der Waals surface area (Å²) in [5.74, 6) is 1.59. The molecule has 2 nitrogen and oxygen atoms in total. The molecular formula is C18H24O2. The lowest BCUT2D eigenvalue weighted by Gasteiger charge is -2.51. The van der Waals surface area contributed by atoms with E-state index in [1.165, 1.54) is 12.0 Å². The van der Waals surface area contributed by atoms with Crippen LogP contribution in [0.4, 0.5) is 0 Å². The monoisotopic (exact) mass is 272 g/mol. The number of hydrogen-bond acceptors (Lipinski definition) is 2. The van der Waals surface area contributed by atoms with E-state index in [4.69, 9.17) is 4.74 Å². The second kappa shape index (κ2) is 3.59. The van der Waals surface area contributed by atoms with Gasteiger partial charge in [-0.05, 0) is 30.7 Å². The van der Waals surface area contributed by atoms with E-state index in [-0.39, 0.29) is 10.8 Å². The lowest BCUT2D eigenvalue weighted by atomic mass is 9.57. The fourth-order valence-corrected chi connectivity index (χ4v) is 5.43. The second-order valence-corrected chi connectivity index (χ2v) is 7.82. The minimum atomic E-state index is -0.765. The molecule has 3 atom stereocenters. The third kappa shape index (κ3) is 1.21. The van der Waals surface area contributed by atoms with Gasteiger partial charge in [0, 0.05) is 22.8 Å². The molecule has 4 rings (SSSR count). The quantitative estimate of drug-likeness (QED) is 0.845. The highest BCUT2D eigenvalue weighted by Gasteiger charge is 2.69. The van der Waals surface area contributed by atoms with Crippen LogP contribution in [-0.4, -0.2) is 11.7 Å². The number of fused-ring (bicyclic) bond motifs is 3. The Bertz CT molecular complexity index is 570. The molecule has 2 fully saturated rings. The number of benzene rings is 1. The molecule has 108 valence electrons. The van der Waals surface area contributed by atoms with Gasteiger partial charge in [0.25, 0.3) is 0 Å². The SMILES string of the molecule is CC12CCC(C1)C(C)(C)C2(O)c1cccc2c1OCC2. The van der Waals surface area contributed by atoms with Gasteiger partial charge in [0.1, 0.15) is 11.4 Å². The van der Waals surface area contributed by atoms with Gasteiger partial charge in [0.2, 0.25) is 0 Å². The average molecular weight is 272 g/mol. The highest BCUT2D eigenvalue weighted by molar-refractivity contribution is 5.50. The van der Waals surface area contributed by atoms with E-state index in [1.807, 2.05) is 0 Å². The van der Waals surface area contributed by atoms with E-state index in [9.17, 15) is 5.11 Å². The zero-order chi connectivity index (χ0) is 14.2. The summed E-state index contributed by atoms with van der Waals surface area (Å²) in [6, 6.07) is 6.32. The first-order valence-electron chi connectivity index (χ1n) is 7.88. The van der Waals surface area contributed by atoms with Crippen molar-refractivity contribution in [3.05, 3.63) is 29.3 Å². The van der Waals surface area contributed by atoms with Crippen LogP contribution in [0, 0.1) is 16.7 Å². The number of para-hydroxylation sites is 1. The first-order valence-corrected chi connectivity index (χ1v) is 7.88. The normalized spacial score (nSPS) is 40.7. The molecule has 0 spiro atoms. The van der Waals surface area contributed by atoms with E-state index in [1.54, 1.807) is 0 Å². The van der Waals surface area contributed by atoms with Crippen molar-refractivity contribution in [3.63, 3.8) is 0 Å². The van der Waals surface area contributed by atoms with Crippen LogP contribution in [0.3, 0.4) is 0 Å². The topological polar surface area (TPSA) is 29.5 Å². The molecule has 0 aromatic heterocycles. The van der Waals surface area contributed by atoms with Crippen molar-refractivity contribution in [2.75, 3.05) is 6.61 Å². The van der Waals surface area contributed by atoms with Gasteiger partial charge in [-0.1, -0.05) is 39.0 Å². The van der Waals surface area contributed by atoms with Gasteiger partial charge in [0.05, 0.1) is 6.61 Å². The van der Waals surface area contributed by atoms with Crippen LogP contribution in [0.25, 0.3) is 0 Å². The zero-order valence-electron chi connectivity index (χ0n) is 12.7. The van der Waals surface area contributed by atoms with Gasteiger partial charge in [-0.15, -0.1) is 0 Å². The standard InChI is InChI=1S/C18H24O2/c1-16(2)13-7-9-17(3,11-13)18(16,19)14-6-4-5-12-8-10-20-15(12)14/h4-6,13,19H,7-11H2,1-3H3. The maximum atomic E-state index is 11.8. The summed E-state index contributed by atoms with van der Waals surface area (Å²) in [5.41, 5.74) is 1.45. The summed E-state index contributed by atoms with van der Waals surface area (Å²) in [7, 11) is 0. The summed E-state index contributed by atoms with van der Waals surface area (Å²) < 4.78 is 5.89. The predicted molar refractivity (Wildman–Crippen MR) is 78.8 cm³/mol. The second-order valence-electron chi connectivity index (χ2n) is 7.82. The van der Waals surface area contributed by atoms with E-state index in [2.05, 4.69) is 39.0 Å². The van der Waals surface area contributed by atoms with Crippen LogP contribution >= 0.6 is 0 Å². The molecule has 0 amide bonds. The fraction of sp³-hybridized carbons (Fsp3) is 0.667. The van der Waals surface area contributed by atoms with Gasteiger partial charge >= 0.3 is 0 Å². The smallest absolute Gasteiger partial charge is 0.128 e. The van der Waals surface area contributed by atoms with Crippen molar-refractivity contribution in [1.29, 1.82) is 0 Å². The Morgan fingerprint density at radius 2 is 2.05 bits per heavy atom. The Morgan fingerprint density at radius 1 is 1.25 bits per heavy atom. The number of rotatable bonds is 1. The Labute approximate surface area is 121 Å². The van der Waals surface area contributed by atoms with Crippen molar-refractivity contribution >= 4 is 0 Å². The van der Waals surface area contributed by atoms with Gasteiger partial charge < -0.3 is 9.84 Å². The summed E-state index contributed by atoms with van der Waals surface area (Å²) in [5, 5.41) is 11.8. The van der Waals surface area contributed by atoms with E-state index < -0.39 is 5.60 Å². The Balaban J connectivity index is 1.95. The van der Waals surface area contributed by atoms with Crippen molar-refractivity contribution < 1.29 is 9.84 Å². The molecule has 2 heteroatoms. The van der Waals surface area contributed by atoms with Gasteiger partial charge in [-0.2, -0.15) is 0 Å². The van der Waals surface area contributed by atoms with Gasteiger partial charge in [-0.3, -0.25) is 0 Å². The molecule has 2 aliphatic carbocycles. The highest BCUT2D eigenvalue weighted by Crippen LogP contribution is 2.72. The molecule has 1 aliphatic heterocycles. The first-order chi connectivity index (χ1) is 9.40. The van der Waals surface area contributed by atoms with Gasteiger partial charge in [0.15, 0.2) is 0 Å². The first kappa shape index (κ1) is 12.7. The maximum Gasteiger partial charge on any atom is 0.128 e. The third-order valence-corrected chi connectivity index (χ3v) is 6.67.